The summed E-state index contributed by atoms with van der Waals surface area (Å²) in [5, 5.41) is 3.12. The highest BCUT2D eigenvalue weighted by Gasteiger charge is 2.26. The van der Waals surface area contributed by atoms with Gasteiger partial charge in [0, 0.05) is 37.9 Å². The van der Waals surface area contributed by atoms with E-state index in [2.05, 4.69) is 10.2 Å². The number of nitrogens with one attached hydrogen (secondary N) is 1. The van der Waals surface area contributed by atoms with Gasteiger partial charge in [-0.3, -0.25) is 4.90 Å². The van der Waals surface area contributed by atoms with Crippen molar-refractivity contribution in [2.45, 2.75) is 58.4 Å². The largest absolute Gasteiger partial charge is 0.322 e. The number of anilines is 1. The average molecular weight is 329 g/mol. The third-order valence-corrected chi connectivity index (χ3v) is 5.66. The van der Waals surface area contributed by atoms with Crippen LogP contribution in [-0.4, -0.2) is 48.1 Å². The Balaban J connectivity index is 1.53. The van der Waals surface area contributed by atoms with Crippen molar-refractivity contribution in [1.82, 2.24) is 9.80 Å². The molecule has 1 N–H and O–H groups in total. The average Bonchev–Trinajstić information content (AvgIpc) is 2.88. The fourth-order valence-electron chi connectivity index (χ4n) is 4.11. The van der Waals surface area contributed by atoms with E-state index in [4.69, 9.17) is 0 Å². The minimum atomic E-state index is 0.0490. The molecule has 0 radical (unpaired) electrons. The summed E-state index contributed by atoms with van der Waals surface area (Å²) in [4.78, 5) is 17.2. The Morgan fingerprint density at radius 1 is 0.958 bits per heavy atom. The van der Waals surface area contributed by atoms with Crippen molar-refractivity contribution in [2.24, 2.45) is 0 Å². The fourth-order valence-corrected chi connectivity index (χ4v) is 4.11. The van der Waals surface area contributed by atoms with Crippen LogP contribution in [0, 0.1) is 13.8 Å². The second-order valence-corrected chi connectivity index (χ2v) is 7.37. The molecule has 1 aromatic rings. The van der Waals surface area contributed by atoms with E-state index in [0.29, 0.717) is 0 Å². The van der Waals surface area contributed by atoms with Crippen LogP contribution in [0.15, 0.2) is 18.2 Å². The van der Waals surface area contributed by atoms with Crippen LogP contribution in [-0.2, 0) is 0 Å². The Bertz CT molecular complexity index is 536. The number of piperazine rings is 1. The van der Waals surface area contributed by atoms with Gasteiger partial charge in [0.1, 0.15) is 0 Å². The summed E-state index contributed by atoms with van der Waals surface area (Å²) in [5.74, 6) is 0. The van der Waals surface area contributed by atoms with E-state index < -0.39 is 0 Å². The Labute approximate surface area is 146 Å². The van der Waals surface area contributed by atoms with Gasteiger partial charge in [0.05, 0.1) is 0 Å². The fraction of sp³-hybridized carbons (Fsp3) is 0.650. The number of urea groups is 1. The van der Waals surface area contributed by atoms with Gasteiger partial charge in [0.25, 0.3) is 0 Å². The second kappa shape index (κ2) is 8.02. The first-order valence-corrected chi connectivity index (χ1v) is 9.51. The van der Waals surface area contributed by atoms with Crippen molar-refractivity contribution in [3.05, 3.63) is 29.3 Å². The molecule has 4 heteroatoms. The van der Waals surface area contributed by atoms with Crippen molar-refractivity contribution in [3.63, 3.8) is 0 Å². The van der Waals surface area contributed by atoms with Gasteiger partial charge in [-0.2, -0.15) is 0 Å². The van der Waals surface area contributed by atoms with Gasteiger partial charge in [0.2, 0.25) is 0 Å². The topological polar surface area (TPSA) is 35.6 Å². The third kappa shape index (κ3) is 4.10. The maximum absolute atomic E-state index is 12.6. The number of rotatable bonds is 2. The predicted molar refractivity (Wildman–Crippen MR) is 99.6 cm³/mol. The van der Waals surface area contributed by atoms with Gasteiger partial charge >= 0.3 is 6.03 Å². The Kier molecular flexibility index (Phi) is 5.77. The number of para-hydroxylation sites is 1. The minimum absolute atomic E-state index is 0.0490. The van der Waals surface area contributed by atoms with Crippen LogP contribution < -0.4 is 5.32 Å². The van der Waals surface area contributed by atoms with Gasteiger partial charge in [-0.15, -0.1) is 0 Å². The summed E-state index contributed by atoms with van der Waals surface area (Å²) in [5.41, 5.74) is 3.22. The van der Waals surface area contributed by atoms with Crippen LogP contribution in [0.4, 0.5) is 10.5 Å². The van der Waals surface area contributed by atoms with Crippen LogP contribution in [0.3, 0.4) is 0 Å². The molecule has 0 atom stereocenters. The molecule has 1 aromatic carbocycles. The first-order chi connectivity index (χ1) is 11.6. The number of benzene rings is 1. The van der Waals surface area contributed by atoms with E-state index in [1.165, 1.54) is 38.5 Å². The van der Waals surface area contributed by atoms with Crippen LogP contribution in [0.25, 0.3) is 0 Å². The summed E-state index contributed by atoms with van der Waals surface area (Å²) < 4.78 is 0. The monoisotopic (exact) mass is 329 g/mol. The maximum Gasteiger partial charge on any atom is 0.321 e. The molecule has 4 nitrogen and oxygen atoms in total. The number of nitrogens with zero attached hydrogens (tertiary/aromatic N) is 2. The number of hydrogen-bond acceptors (Lipinski definition) is 2. The van der Waals surface area contributed by atoms with Crippen LogP contribution in [0.5, 0.6) is 0 Å². The van der Waals surface area contributed by atoms with E-state index in [0.717, 1.165) is 49.0 Å². The molecule has 0 unspecified atom stereocenters. The molecule has 2 aliphatic rings. The van der Waals surface area contributed by atoms with E-state index in [1.54, 1.807) is 0 Å². The van der Waals surface area contributed by atoms with Crippen molar-refractivity contribution < 1.29 is 4.79 Å². The lowest BCUT2D eigenvalue weighted by molar-refractivity contribution is 0.105. The highest BCUT2D eigenvalue weighted by Crippen LogP contribution is 2.24. The summed E-state index contributed by atoms with van der Waals surface area (Å²) in [6.07, 6.45) is 8.22. The summed E-state index contributed by atoms with van der Waals surface area (Å²) in [7, 11) is 0. The summed E-state index contributed by atoms with van der Waals surface area (Å²) >= 11 is 0. The van der Waals surface area contributed by atoms with Gasteiger partial charge in [-0.25, -0.2) is 4.79 Å². The number of carbonyl (C=O) groups excluding carboxylic acids is 1. The third-order valence-electron chi connectivity index (χ3n) is 5.66. The van der Waals surface area contributed by atoms with E-state index >= 15 is 0 Å². The Hall–Kier alpha value is -1.55. The number of amides is 2. The summed E-state index contributed by atoms with van der Waals surface area (Å²) in [6, 6.07) is 6.93. The number of hydrogen-bond donors (Lipinski definition) is 1. The zero-order chi connectivity index (χ0) is 16.9. The highest BCUT2D eigenvalue weighted by atomic mass is 16.2. The van der Waals surface area contributed by atoms with Crippen molar-refractivity contribution in [3.8, 4) is 0 Å². The lowest BCUT2D eigenvalue weighted by atomic mass is 10.1. The van der Waals surface area contributed by atoms with Gasteiger partial charge in [0.15, 0.2) is 0 Å². The van der Waals surface area contributed by atoms with Gasteiger partial charge in [-0.05, 0) is 37.8 Å². The number of carbonyl (C=O) groups is 1. The molecule has 2 fully saturated rings. The molecule has 132 valence electrons. The maximum atomic E-state index is 12.6. The van der Waals surface area contributed by atoms with Crippen molar-refractivity contribution >= 4 is 11.7 Å². The molecular formula is C20H31N3O. The quantitative estimate of drug-likeness (QED) is 0.826. The normalized spacial score (nSPS) is 20.7. The highest BCUT2D eigenvalue weighted by molar-refractivity contribution is 5.91. The minimum Gasteiger partial charge on any atom is -0.322 e. The van der Waals surface area contributed by atoms with E-state index in [1.807, 2.05) is 36.9 Å². The molecule has 1 saturated carbocycles. The van der Waals surface area contributed by atoms with E-state index in [-0.39, 0.29) is 6.03 Å². The SMILES string of the molecule is Cc1cccc(C)c1NC(=O)N1CCN(C2CCCCCC2)CC1. The molecule has 24 heavy (non-hydrogen) atoms. The van der Waals surface area contributed by atoms with Crippen molar-refractivity contribution in [2.75, 3.05) is 31.5 Å². The summed E-state index contributed by atoms with van der Waals surface area (Å²) in [6.45, 7) is 7.81. The second-order valence-electron chi connectivity index (χ2n) is 7.37. The zero-order valence-electron chi connectivity index (χ0n) is 15.2. The Morgan fingerprint density at radius 3 is 2.12 bits per heavy atom. The smallest absolute Gasteiger partial charge is 0.321 e. The molecule has 0 spiro atoms. The molecular weight excluding hydrogens is 298 g/mol. The first kappa shape index (κ1) is 17.3. The van der Waals surface area contributed by atoms with Crippen LogP contribution in [0.1, 0.15) is 49.7 Å². The molecule has 3 rings (SSSR count). The lowest BCUT2D eigenvalue weighted by Crippen LogP contribution is -2.52. The van der Waals surface area contributed by atoms with E-state index in [9.17, 15) is 4.79 Å². The van der Waals surface area contributed by atoms with Crippen LogP contribution in [0.2, 0.25) is 0 Å². The molecule has 1 aliphatic heterocycles. The molecule has 0 bridgehead atoms. The van der Waals surface area contributed by atoms with Gasteiger partial charge in [-0.1, -0.05) is 43.9 Å². The molecule has 1 heterocycles. The molecule has 2 amide bonds. The number of aryl methyl sites for hydroxylation is 2. The molecule has 1 aliphatic carbocycles. The molecule has 0 aromatic heterocycles. The van der Waals surface area contributed by atoms with Crippen LogP contribution >= 0.6 is 0 Å². The zero-order valence-corrected chi connectivity index (χ0v) is 15.2. The predicted octanol–water partition coefficient (Wildman–Crippen LogP) is 4.18. The lowest BCUT2D eigenvalue weighted by Gasteiger charge is -2.39. The molecule has 1 saturated heterocycles. The van der Waals surface area contributed by atoms with Crippen molar-refractivity contribution in [1.29, 1.82) is 0 Å². The standard InChI is InChI=1S/C20H31N3O/c1-16-8-7-9-17(2)19(16)21-20(24)23-14-12-22(13-15-23)18-10-5-3-4-6-11-18/h7-9,18H,3-6,10-15H2,1-2H3,(H,21,24). The Morgan fingerprint density at radius 2 is 1.54 bits per heavy atom. The first-order valence-electron chi connectivity index (χ1n) is 9.51. The van der Waals surface area contributed by atoms with Gasteiger partial charge < -0.3 is 10.2 Å².